The fraction of sp³-hybridized carbons (Fsp3) is 0.250. The largest absolute Gasteiger partial charge is 0.407 e. The molecule has 23 heavy (non-hydrogen) atoms. The van der Waals surface area contributed by atoms with Gasteiger partial charge in [-0.25, -0.2) is 0 Å². The molecule has 0 unspecified atom stereocenters. The zero-order valence-electron chi connectivity index (χ0n) is 13.9. The van der Waals surface area contributed by atoms with E-state index in [1.807, 2.05) is 27.7 Å². The van der Waals surface area contributed by atoms with Crippen molar-refractivity contribution in [1.82, 2.24) is 0 Å². The predicted molar refractivity (Wildman–Crippen MR) is 90.3 cm³/mol. The van der Waals surface area contributed by atoms with Crippen molar-refractivity contribution in [2.75, 3.05) is 0 Å². The van der Waals surface area contributed by atoms with Crippen molar-refractivity contribution in [1.29, 1.82) is 5.26 Å². The van der Waals surface area contributed by atoms with Crippen LogP contribution in [0, 0.1) is 51.7 Å². The lowest BCUT2D eigenvalue weighted by Crippen LogP contribution is -1.97. The Bertz CT molecular complexity index is 707. The average Bonchev–Trinajstić information content (AvgIpc) is 2.47. The molecule has 0 aliphatic rings. The Morgan fingerprint density at radius 2 is 1.22 bits per heavy atom. The number of benzene rings is 2. The van der Waals surface area contributed by atoms with E-state index in [9.17, 15) is 0 Å². The van der Waals surface area contributed by atoms with E-state index in [2.05, 4.69) is 30.4 Å². The van der Waals surface area contributed by atoms with Crippen molar-refractivity contribution in [2.45, 2.75) is 34.1 Å². The van der Waals surface area contributed by atoms with Crippen molar-refractivity contribution in [3.63, 3.8) is 0 Å². The van der Waals surface area contributed by atoms with E-state index < -0.39 is 0 Å². The van der Waals surface area contributed by atoms with Gasteiger partial charge < -0.3 is 9.47 Å². The van der Waals surface area contributed by atoms with E-state index in [0.717, 1.165) is 34.4 Å². The molecule has 0 bridgehead atoms. The zero-order valence-corrected chi connectivity index (χ0v) is 13.9. The van der Waals surface area contributed by atoms with Crippen molar-refractivity contribution < 1.29 is 9.47 Å². The normalized spacial score (nSPS) is 9.83. The maximum Gasteiger partial charge on any atom is 0.292 e. The third-order valence-electron chi connectivity index (χ3n) is 3.76. The molecule has 116 valence electrons. The Labute approximate surface area is 137 Å². The summed E-state index contributed by atoms with van der Waals surface area (Å²) in [6.07, 6.45) is 9.99. The van der Waals surface area contributed by atoms with Crippen molar-refractivity contribution in [3.05, 3.63) is 57.6 Å². The first-order chi connectivity index (χ1) is 11.0. The Hall–Kier alpha value is -2.91. The van der Waals surface area contributed by atoms with Gasteiger partial charge in [-0.1, -0.05) is 30.7 Å². The van der Waals surface area contributed by atoms with Crippen molar-refractivity contribution >= 4 is 0 Å². The van der Waals surface area contributed by atoms with E-state index in [0.29, 0.717) is 5.75 Å². The number of hydrogen-bond donors (Lipinski definition) is 0. The van der Waals surface area contributed by atoms with Gasteiger partial charge in [0.2, 0.25) is 0 Å². The maximum atomic E-state index is 8.71. The first kappa shape index (κ1) is 16.5. The Morgan fingerprint density at radius 1 is 0.826 bits per heavy atom. The summed E-state index contributed by atoms with van der Waals surface area (Å²) in [6, 6.07) is 8.28. The van der Waals surface area contributed by atoms with Crippen LogP contribution in [0.2, 0.25) is 0 Å². The van der Waals surface area contributed by atoms with Crippen LogP contribution in [0.25, 0.3) is 0 Å². The summed E-state index contributed by atoms with van der Waals surface area (Å²) in [7, 11) is 0. The third kappa shape index (κ3) is 3.65. The zero-order chi connectivity index (χ0) is 17.0. The molecular formula is C20H19NO2. The molecule has 3 nitrogen and oxygen atoms in total. The number of ether oxygens (including phenoxy) is 2. The molecule has 2 aromatic carbocycles. The van der Waals surface area contributed by atoms with Crippen LogP contribution in [-0.2, 0) is 6.42 Å². The van der Waals surface area contributed by atoms with Gasteiger partial charge in [-0.3, -0.25) is 0 Å². The highest BCUT2D eigenvalue weighted by Gasteiger charge is 2.10. The van der Waals surface area contributed by atoms with Crippen LogP contribution >= 0.6 is 0 Å². The van der Waals surface area contributed by atoms with E-state index in [1.165, 1.54) is 11.1 Å². The monoisotopic (exact) mass is 305 g/mol. The molecule has 0 saturated heterocycles. The molecule has 2 aromatic rings. The molecule has 0 aliphatic carbocycles. The number of hydrogen-bond acceptors (Lipinski definition) is 3. The van der Waals surface area contributed by atoms with Crippen molar-refractivity contribution in [3.8, 4) is 30.3 Å². The Kier molecular flexibility index (Phi) is 4.94. The van der Waals surface area contributed by atoms with Crippen LogP contribution in [0.1, 0.15) is 33.4 Å². The summed E-state index contributed by atoms with van der Waals surface area (Å²) in [6.45, 7) is 7.88. The van der Waals surface area contributed by atoms with Crippen LogP contribution in [0.15, 0.2) is 24.3 Å². The fourth-order valence-electron chi connectivity index (χ4n) is 2.95. The van der Waals surface area contributed by atoms with Gasteiger partial charge in [0.05, 0.1) is 0 Å². The van der Waals surface area contributed by atoms with Gasteiger partial charge in [-0.15, -0.1) is 5.26 Å². The molecule has 0 amide bonds. The smallest absolute Gasteiger partial charge is 0.292 e. The van der Waals surface area contributed by atoms with Gasteiger partial charge in [-0.05, 0) is 67.5 Å². The van der Waals surface area contributed by atoms with E-state index in [1.54, 1.807) is 6.26 Å². The van der Waals surface area contributed by atoms with Gasteiger partial charge in [0.25, 0.3) is 6.26 Å². The van der Waals surface area contributed by atoms with Crippen LogP contribution in [0.3, 0.4) is 0 Å². The lowest BCUT2D eigenvalue weighted by Gasteiger charge is -2.12. The maximum absolute atomic E-state index is 8.71. The molecule has 3 heteroatoms. The standard InChI is InChI=1S/C20H19NO2/c1-6-22-19-13(2)7-17(8-14(19)3)11-18-9-15(4)20(23-12-21)16(5)10-18/h1,7-10H,11H2,2-5H3. The van der Waals surface area contributed by atoms with Crippen LogP contribution in [-0.4, -0.2) is 0 Å². The lowest BCUT2D eigenvalue weighted by atomic mass is 9.97. The molecule has 0 aliphatic heterocycles. The molecule has 0 spiro atoms. The van der Waals surface area contributed by atoms with Gasteiger partial charge in [0, 0.05) is 0 Å². The summed E-state index contributed by atoms with van der Waals surface area (Å²) >= 11 is 0. The number of aryl methyl sites for hydroxylation is 4. The summed E-state index contributed by atoms with van der Waals surface area (Å²) < 4.78 is 10.3. The molecule has 0 atom stereocenters. The van der Waals surface area contributed by atoms with Gasteiger partial charge in [0.1, 0.15) is 17.6 Å². The first-order valence-corrected chi connectivity index (χ1v) is 7.35. The van der Waals surface area contributed by atoms with E-state index in [4.69, 9.17) is 21.2 Å². The third-order valence-corrected chi connectivity index (χ3v) is 3.76. The minimum absolute atomic E-state index is 0.640. The predicted octanol–water partition coefficient (Wildman–Crippen LogP) is 4.34. The molecule has 0 N–H and O–H groups in total. The number of nitrogens with zero attached hydrogens (tertiary/aromatic N) is 1. The van der Waals surface area contributed by atoms with Crippen LogP contribution in [0.4, 0.5) is 0 Å². The molecular weight excluding hydrogens is 286 g/mol. The quantitative estimate of drug-likeness (QED) is 0.623. The molecule has 0 heterocycles. The fourth-order valence-corrected chi connectivity index (χ4v) is 2.95. The highest BCUT2D eigenvalue weighted by molar-refractivity contribution is 5.48. The Morgan fingerprint density at radius 3 is 1.57 bits per heavy atom. The second-order valence-electron chi connectivity index (χ2n) is 5.71. The lowest BCUT2D eigenvalue weighted by molar-refractivity contribution is 0.498. The number of nitriles is 1. The number of rotatable bonds is 4. The SMILES string of the molecule is C#COc1c(C)cc(Cc2cc(C)c(OC#N)c(C)c2)cc1C. The molecule has 0 saturated carbocycles. The minimum atomic E-state index is 0.640. The highest BCUT2D eigenvalue weighted by atomic mass is 16.5. The van der Waals surface area contributed by atoms with Crippen molar-refractivity contribution in [2.24, 2.45) is 0 Å². The first-order valence-electron chi connectivity index (χ1n) is 7.35. The summed E-state index contributed by atoms with van der Waals surface area (Å²) in [5.74, 6) is 1.39. The minimum Gasteiger partial charge on any atom is -0.407 e. The summed E-state index contributed by atoms with van der Waals surface area (Å²) in [5, 5.41) is 8.71. The second kappa shape index (κ2) is 6.90. The van der Waals surface area contributed by atoms with E-state index >= 15 is 0 Å². The number of terminal acetylenes is 1. The molecule has 0 radical (unpaired) electrons. The van der Waals surface area contributed by atoms with Crippen LogP contribution < -0.4 is 9.47 Å². The second-order valence-corrected chi connectivity index (χ2v) is 5.71. The summed E-state index contributed by atoms with van der Waals surface area (Å²) in [5.41, 5.74) is 6.34. The molecule has 2 rings (SSSR count). The van der Waals surface area contributed by atoms with Gasteiger partial charge >= 0.3 is 0 Å². The molecule has 0 fully saturated rings. The summed E-state index contributed by atoms with van der Waals surface area (Å²) in [4.78, 5) is 0. The highest BCUT2D eigenvalue weighted by Crippen LogP contribution is 2.28. The van der Waals surface area contributed by atoms with Gasteiger partial charge in [0.15, 0.2) is 0 Å². The average molecular weight is 305 g/mol. The van der Waals surface area contributed by atoms with Gasteiger partial charge in [-0.2, -0.15) is 0 Å². The topological polar surface area (TPSA) is 42.2 Å². The molecule has 0 aromatic heterocycles. The van der Waals surface area contributed by atoms with E-state index in [-0.39, 0.29) is 0 Å². The Balaban J connectivity index is 2.34. The van der Waals surface area contributed by atoms with Crippen LogP contribution in [0.5, 0.6) is 11.5 Å².